The number of ether oxygens (including phenoxy) is 1. The van der Waals surface area contributed by atoms with E-state index in [1.807, 2.05) is 18.2 Å². The molecule has 0 aliphatic carbocycles. The first kappa shape index (κ1) is 14.0. The summed E-state index contributed by atoms with van der Waals surface area (Å²) in [7, 11) is 0. The first-order valence-electron chi connectivity index (χ1n) is 6.87. The summed E-state index contributed by atoms with van der Waals surface area (Å²) in [5.74, 6) is 0.715. The molecule has 1 aliphatic heterocycles. The van der Waals surface area contributed by atoms with Crippen LogP contribution >= 0.6 is 0 Å². The monoisotopic (exact) mass is 262 g/mol. The van der Waals surface area contributed by atoms with E-state index in [-0.39, 0.29) is 5.78 Å². The van der Waals surface area contributed by atoms with Crippen LogP contribution in [0.25, 0.3) is 0 Å². The van der Waals surface area contributed by atoms with Gasteiger partial charge in [-0.25, -0.2) is 0 Å². The van der Waals surface area contributed by atoms with E-state index < -0.39 is 0 Å². The van der Waals surface area contributed by atoms with E-state index in [2.05, 4.69) is 4.90 Å². The van der Waals surface area contributed by atoms with Crippen molar-refractivity contribution >= 4 is 5.78 Å². The topological polar surface area (TPSA) is 55.6 Å². The van der Waals surface area contributed by atoms with Crippen LogP contribution in [0.4, 0.5) is 0 Å². The fourth-order valence-electron chi connectivity index (χ4n) is 2.46. The lowest BCUT2D eigenvalue weighted by Crippen LogP contribution is -2.44. The SMILES string of the molecule is CC(=O)c1ccccc1OCCN1CCCC(N)C1. The first-order valence-corrected chi connectivity index (χ1v) is 6.87. The minimum atomic E-state index is 0.0376. The van der Waals surface area contributed by atoms with E-state index in [1.54, 1.807) is 13.0 Å². The molecule has 2 N–H and O–H groups in total. The number of piperidine rings is 1. The van der Waals surface area contributed by atoms with Gasteiger partial charge >= 0.3 is 0 Å². The normalized spacial score (nSPS) is 20.2. The Morgan fingerprint density at radius 1 is 1.47 bits per heavy atom. The lowest BCUT2D eigenvalue weighted by atomic mass is 10.1. The number of nitrogens with zero attached hydrogens (tertiary/aromatic N) is 1. The number of para-hydroxylation sites is 1. The smallest absolute Gasteiger partial charge is 0.163 e. The van der Waals surface area contributed by atoms with Crippen LogP contribution in [0.3, 0.4) is 0 Å². The highest BCUT2D eigenvalue weighted by Gasteiger charge is 2.16. The standard InChI is InChI=1S/C15H22N2O2/c1-12(18)14-6-2-3-7-15(14)19-10-9-17-8-4-5-13(16)11-17/h2-3,6-7,13H,4-5,8-11,16H2,1H3. The summed E-state index contributed by atoms with van der Waals surface area (Å²) >= 11 is 0. The summed E-state index contributed by atoms with van der Waals surface area (Å²) < 4.78 is 5.73. The second-order valence-electron chi connectivity index (χ2n) is 5.10. The average Bonchev–Trinajstić information content (AvgIpc) is 2.39. The molecule has 104 valence electrons. The van der Waals surface area contributed by atoms with Gasteiger partial charge in [0.05, 0.1) is 5.56 Å². The highest BCUT2D eigenvalue weighted by atomic mass is 16.5. The molecule has 0 radical (unpaired) electrons. The summed E-state index contributed by atoms with van der Waals surface area (Å²) in [6, 6.07) is 7.68. The summed E-state index contributed by atoms with van der Waals surface area (Å²) in [4.78, 5) is 13.8. The molecule has 0 aromatic heterocycles. The largest absolute Gasteiger partial charge is 0.491 e. The number of benzene rings is 1. The van der Waals surface area contributed by atoms with Gasteiger partial charge in [0.15, 0.2) is 5.78 Å². The molecule has 0 amide bonds. The Balaban J connectivity index is 1.84. The number of ketones is 1. The molecule has 4 nitrogen and oxygen atoms in total. The molecule has 1 aromatic carbocycles. The predicted octanol–water partition coefficient (Wildman–Crippen LogP) is 1.69. The Kier molecular flexibility index (Phi) is 4.93. The average molecular weight is 262 g/mol. The van der Waals surface area contributed by atoms with Crippen molar-refractivity contribution in [2.75, 3.05) is 26.2 Å². The lowest BCUT2D eigenvalue weighted by Gasteiger charge is -2.30. The van der Waals surface area contributed by atoms with Gasteiger partial charge in [-0.2, -0.15) is 0 Å². The number of Topliss-reactive ketones (excluding diaryl/α,β-unsaturated/α-hetero) is 1. The van der Waals surface area contributed by atoms with Crippen LogP contribution in [0.1, 0.15) is 30.1 Å². The van der Waals surface area contributed by atoms with Gasteiger partial charge in [-0.05, 0) is 38.4 Å². The number of likely N-dealkylation sites (tertiary alicyclic amines) is 1. The van der Waals surface area contributed by atoms with Crippen molar-refractivity contribution in [3.63, 3.8) is 0 Å². The third-order valence-electron chi connectivity index (χ3n) is 3.47. The summed E-state index contributed by atoms with van der Waals surface area (Å²) in [6.45, 7) is 5.05. The first-order chi connectivity index (χ1) is 9.16. The molecule has 0 saturated carbocycles. The van der Waals surface area contributed by atoms with Crippen LogP contribution in [-0.4, -0.2) is 43.0 Å². The van der Waals surface area contributed by atoms with Crippen LogP contribution < -0.4 is 10.5 Å². The van der Waals surface area contributed by atoms with Gasteiger partial charge in [-0.15, -0.1) is 0 Å². The van der Waals surface area contributed by atoms with E-state index in [4.69, 9.17) is 10.5 Å². The molecule has 1 saturated heterocycles. The van der Waals surface area contributed by atoms with Crippen molar-refractivity contribution in [2.24, 2.45) is 5.73 Å². The summed E-state index contributed by atoms with van der Waals surface area (Å²) in [6.07, 6.45) is 2.27. The molecule has 1 aliphatic rings. The molecular formula is C15H22N2O2. The number of carbonyl (C=O) groups excluding carboxylic acids is 1. The van der Waals surface area contributed by atoms with Crippen LogP contribution in [0.15, 0.2) is 24.3 Å². The van der Waals surface area contributed by atoms with E-state index in [0.717, 1.165) is 32.5 Å². The Labute approximate surface area is 114 Å². The fourth-order valence-corrected chi connectivity index (χ4v) is 2.46. The Hall–Kier alpha value is -1.39. The maximum absolute atomic E-state index is 11.5. The molecule has 1 heterocycles. The predicted molar refractivity (Wildman–Crippen MR) is 75.6 cm³/mol. The Bertz CT molecular complexity index is 434. The second kappa shape index (κ2) is 6.68. The third kappa shape index (κ3) is 4.04. The molecule has 1 fully saturated rings. The van der Waals surface area contributed by atoms with Gasteiger partial charge in [-0.3, -0.25) is 9.69 Å². The number of hydrogen-bond donors (Lipinski definition) is 1. The second-order valence-corrected chi connectivity index (χ2v) is 5.10. The molecule has 2 rings (SSSR count). The highest BCUT2D eigenvalue weighted by Crippen LogP contribution is 2.18. The zero-order valence-electron chi connectivity index (χ0n) is 11.5. The van der Waals surface area contributed by atoms with E-state index in [0.29, 0.717) is 24.0 Å². The van der Waals surface area contributed by atoms with Crippen molar-refractivity contribution in [1.82, 2.24) is 4.90 Å². The summed E-state index contributed by atoms with van der Waals surface area (Å²) in [5.41, 5.74) is 6.60. The zero-order valence-corrected chi connectivity index (χ0v) is 11.5. The van der Waals surface area contributed by atoms with Gasteiger partial charge < -0.3 is 10.5 Å². The molecule has 19 heavy (non-hydrogen) atoms. The zero-order chi connectivity index (χ0) is 13.7. The van der Waals surface area contributed by atoms with Crippen LogP contribution in [0.5, 0.6) is 5.75 Å². The number of hydrogen-bond acceptors (Lipinski definition) is 4. The lowest BCUT2D eigenvalue weighted by molar-refractivity contribution is 0.101. The maximum atomic E-state index is 11.5. The van der Waals surface area contributed by atoms with Gasteiger partial charge in [0.1, 0.15) is 12.4 Å². The highest BCUT2D eigenvalue weighted by molar-refractivity contribution is 5.96. The number of carbonyl (C=O) groups is 1. The van der Waals surface area contributed by atoms with Crippen LogP contribution in [0, 0.1) is 0 Å². The minimum absolute atomic E-state index is 0.0376. The van der Waals surface area contributed by atoms with E-state index in [1.165, 1.54) is 0 Å². The van der Waals surface area contributed by atoms with Crippen molar-refractivity contribution < 1.29 is 9.53 Å². The molecule has 0 bridgehead atoms. The van der Waals surface area contributed by atoms with Crippen molar-refractivity contribution in [3.8, 4) is 5.75 Å². The maximum Gasteiger partial charge on any atom is 0.163 e. The van der Waals surface area contributed by atoms with E-state index in [9.17, 15) is 4.79 Å². The van der Waals surface area contributed by atoms with Gasteiger partial charge in [0, 0.05) is 19.1 Å². The van der Waals surface area contributed by atoms with E-state index >= 15 is 0 Å². The fraction of sp³-hybridized carbons (Fsp3) is 0.533. The summed E-state index contributed by atoms with van der Waals surface area (Å²) in [5, 5.41) is 0. The molecule has 4 heteroatoms. The molecule has 1 unspecified atom stereocenters. The molecule has 1 aromatic rings. The third-order valence-corrected chi connectivity index (χ3v) is 3.47. The van der Waals surface area contributed by atoms with Crippen LogP contribution in [0.2, 0.25) is 0 Å². The number of rotatable bonds is 5. The molecule has 0 spiro atoms. The molecular weight excluding hydrogens is 240 g/mol. The van der Waals surface area contributed by atoms with Gasteiger partial charge in [0.25, 0.3) is 0 Å². The number of nitrogens with two attached hydrogens (primary N) is 1. The quantitative estimate of drug-likeness (QED) is 0.820. The Morgan fingerprint density at radius 3 is 3.00 bits per heavy atom. The van der Waals surface area contributed by atoms with Gasteiger partial charge in [0.2, 0.25) is 0 Å². The van der Waals surface area contributed by atoms with Crippen LogP contribution in [-0.2, 0) is 0 Å². The van der Waals surface area contributed by atoms with Crippen molar-refractivity contribution in [1.29, 1.82) is 0 Å². The van der Waals surface area contributed by atoms with Gasteiger partial charge in [-0.1, -0.05) is 12.1 Å². The van der Waals surface area contributed by atoms with Crippen molar-refractivity contribution in [2.45, 2.75) is 25.8 Å². The van der Waals surface area contributed by atoms with Crippen molar-refractivity contribution in [3.05, 3.63) is 29.8 Å². The minimum Gasteiger partial charge on any atom is -0.491 e. The molecule has 1 atom stereocenters. The Morgan fingerprint density at radius 2 is 2.26 bits per heavy atom.